The summed E-state index contributed by atoms with van der Waals surface area (Å²) in [6, 6.07) is 12.7. The third-order valence-corrected chi connectivity index (χ3v) is 3.75. The van der Waals surface area contributed by atoms with E-state index in [9.17, 15) is 9.59 Å². The molecule has 144 valence electrons. The van der Waals surface area contributed by atoms with Crippen LogP contribution in [0.25, 0.3) is 0 Å². The molecule has 0 radical (unpaired) electrons. The molecule has 0 heterocycles. The largest absolute Gasteiger partial charge is 0.490 e. The Morgan fingerprint density at radius 3 is 2.41 bits per heavy atom. The van der Waals surface area contributed by atoms with Crippen LogP contribution in [0.5, 0.6) is 11.5 Å². The predicted molar refractivity (Wildman–Crippen MR) is 106 cm³/mol. The van der Waals surface area contributed by atoms with Gasteiger partial charge in [-0.15, -0.1) is 0 Å². The molecule has 0 aliphatic heterocycles. The van der Waals surface area contributed by atoms with Gasteiger partial charge in [-0.25, -0.2) is 0 Å². The molecule has 6 nitrogen and oxygen atoms in total. The van der Waals surface area contributed by atoms with E-state index in [1.165, 1.54) is 6.92 Å². The molecule has 6 heteroatoms. The number of anilines is 1. The maximum Gasteiger partial charge on any atom is 0.251 e. The molecule has 0 bridgehead atoms. The summed E-state index contributed by atoms with van der Waals surface area (Å²) < 4.78 is 11.2. The highest BCUT2D eigenvalue weighted by atomic mass is 16.5. The molecule has 0 spiro atoms. The lowest BCUT2D eigenvalue weighted by molar-refractivity contribution is -0.114. The third kappa shape index (κ3) is 6.33. The second kappa shape index (κ2) is 10.2. The van der Waals surface area contributed by atoms with Gasteiger partial charge >= 0.3 is 0 Å². The first kappa shape index (κ1) is 20.3. The highest BCUT2D eigenvalue weighted by molar-refractivity contribution is 5.96. The number of hydrogen-bond acceptors (Lipinski definition) is 4. The Bertz CT molecular complexity index is 790. The van der Waals surface area contributed by atoms with E-state index in [0.717, 1.165) is 11.3 Å². The summed E-state index contributed by atoms with van der Waals surface area (Å²) in [6.07, 6.45) is 0.670. The molecule has 0 aliphatic rings. The zero-order valence-corrected chi connectivity index (χ0v) is 16.0. The SMILES string of the molecule is CCOc1ccc(CCNC(=O)c2cccc(NC(C)=O)c2)cc1OCC. The minimum atomic E-state index is -0.182. The lowest BCUT2D eigenvalue weighted by Gasteiger charge is -2.13. The number of ether oxygens (including phenoxy) is 2. The van der Waals surface area contributed by atoms with Crippen molar-refractivity contribution in [3.05, 3.63) is 53.6 Å². The summed E-state index contributed by atoms with van der Waals surface area (Å²) in [5, 5.41) is 5.57. The average molecular weight is 370 g/mol. The number of hydrogen-bond donors (Lipinski definition) is 2. The van der Waals surface area contributed by atoms with Crippen molar-refractivity contribution in [2.75, 3.05) is 25.1 Å². The monoisotopic (exact) mass is 370 g/mol. The van der Waals surface area contributed by atoms with Gasteiger partial charge in [-0.3, -0.25) is 9.59 Å². The standard InChI is InChI=1S/C21H26N2O4/c1-4-26-19-10-9-16(13-20(19)27-5-2)11-12-22-21(25)17-7-6-8-18(14-17)23-15(3)24/h6-10,13-14H,4-5,11-12H2,1-3H3,(H,22,25)(H,23,24). The van der Waals surface area contributed by atoms with Gasteiger partial charge < -0.3 is 20.1 Å². The van der Waals surface area contributed by atoms with E-state index in [-0.39, 0.29) is 11.8 Å². The van der Waals surface area contributed by atoms with Gasteiger partial charge in [-0.05, 0) is 56.2 Å². The Morgan fingerprint density at radius 1 is 0.963 bits per heavy atom. The fourth-order valence-corrected chi connectivity index (χ4v) is 2.61. The molecule has 2 aromatic carbocycles. The molecule has 0 saturated heterocycles. The first-order valence-corrected chi connectivity index (χ1v) is 9.07. The van der Waals surface area contributed by atoms with Crippen LogP contribution in [-0.2, 0) is 11.2 Å². The topological polar surface area (TPSA) is 76.7 Å². The molecule has 0 saturated carbocycles. The summed E-state index contributed by atoms with van der Waals surface area (Å²) in [7, 11) is 0. The molecule has 27 heavy (non-hydrogen) atoms. The highest BCUT2D eigenvalue weighted by Gasteiger charge is 2.09. The maximum absolute atomic E-state index is 12.3. The van der Waals surface area contributed by atoms with Gasteiger partial charge in [0, 0.05) is 24.7 Å². The zero-order valence-electron chi connectivity index (χ0n) is 16.0. The molecule has 2 amide bonds. The minimum Gasteiger partial charge on any atom is -0.490 e. The van der Waals surface area contributed by atoms with Crippen LogP contribution in [0.4, 0.5) is 5.69 Å². The average Bonchev–Trinajstić information content (AvgIpc) is 2.64. The summed E-state index contributed by atoms with van der Waals surface area (Å²) in [6.45, 7) is 6.92. The van der Waals surface area contributed by atoms with E-state index in [0.29, 0.717) is 43.2 Å². The molecule has 0 aromatic heterocycles. The Morgan fingerprint density at radius 2 is 1.70 bits per heavy atom. The summed E-state index contributed by atoms with van der Waals surface area (Å²) in [5.74, 6) is 1.08. The van der Waals surface area contributed by atoms with Gasteiger partial charge in [0.2, 0.25) is 5.91 Å². The first-order valence-electron chi connectivity index (χ1n) is 9.07. The molecule has 2 N–H and O–H groups in total. The van der Waals surface area contributed by atoms with Crippen molar-refractivity contribution in [2.45, 2.75) is 27.2 Å². The lowest BCUT2D eigenvalue weighted by atomic mass is 10.1. The molecule has 2 rings (SSSR count). The first-order chi connectivity index (χ1) is 13.0. The molecule has 0 atom stereocenters. The molecule has 0 fully saturated rings. The van der Waals surface area contributed by atoms with Crippen LogP contribution >= 0.6 is 0 Å². The van der Waals surface area contributed by atoms with Crippen LogP contribution in [-0.4, -0.2) is 31.6 Å². The number of nitrogens with one attached hydrogen (secondary N) is 2. The van der Waals surface area contributed by atoms with E-state index in [1.54, 1.807) is 24.3 Å². The van der Waals surface area contributed by atoms with Crippen molar-refractivity contribution in [3.8, 4) is 11.5 Å². The molecular formula is C21H26N2O4. The number of benzene rings is 2. The van der Waals surface area contributed by atoms with E-state index >= 15 is 0 Å². The third-order valence-electron chi connectivity index (χ3n) is 3.75. The quantitative estimate of drug-likeness (QED) is 0.709. The van der Waals surface area contributed by atoms with E-state index in [1.807, 2.05) is 32.0 Å². The van der Waals surface area contributed by atoms with E-state index in [2.05, 4.69) is 10.6 Å². The molecule has 2 aromatic rings. The summed E-state index contributed by atoms with van der Waals surface area (Å²) in [5.41, 5.74) is 2.15. The second-order valence-corrected chi connectivity index (χ2v) is 5.92. The van der Waals surface area contributed by atoms with Crippen LogP contribution in [0.2, 0.25) is 0 Å². The Hall–Kier alpha value is -3.02. The maximum atomic E-state index is 12.3. The highest BCUT2D eigenvalue weighted by Crippen LogP contribution is 2.28. The van der Waals surface area contributed by atoms with E-state index < -0.39 is 0 Å². The van der Waals surface area contributed by atoms with Gasteiger partial charge in [0.05, 0.1) is 13.2 Å². The van der Waals surface area contributed by atoms with Gasteiger partial charge in [0.1, 0.15) is 0 Å². The van der Waals surface area contributed by atoms with Crippen molar-refractivity contribution in [1.82, 2.24) is 5.32 Å². The number of carbonyl (C=O) groups excluding carboxylic acids is 2. The molecular weight excluding hydrogens is 344 g/mol. The van der Waals surface area contributed by atoms with Gasteiger partial charge in [-0.1, -0.05) is 12.1 Å². The summed E-state index contributed by atoms with van der Waals surface area (Å²) in [4.78, 5) is 23.4. The van der Waals surface area contributed by atoms with Crippen molar-refractivity contribution < 1.29 is 19.1 Å². The second-order valence-electron chi connectivity index (χ2n) is 5.92. The fourth-order valence-electron chi connectivity index (χ4n) is 2.61. The fraction of sp³-hybridized carbons (Fsp3) is 0.333. The van der Waals surface area contributed by atoms with Crippen LogP contribution < -0.4 is 20.1 Å². The molecule has 0 unspecified atom stereocenters. The van der Waals surface area contributed by atoms with Crippen LogP contribution in [0, 0.1) is 0 Å². The zero-order chi connectivity index (χ0) is 19.6. The van der Waals surface area contributed by atoms with Crippen LogP contribution in [0.1, 0.15) is 36.7 Å². The Kier molecular flexibility index (Phi) is 7.67. The van der Waals surface area contributed by atoms with Crippen molar-refractivity contribution in [3.63, 3.8) is 0 Å². The van der Waals surface area contributed by atoms with Crippen LogP contribution in [0.15, 0.2) is 42.5 Å². The van der Waals surface area contributed by atoms with Crippen molar-refractivity contribution in [2.24, 2.45) is 0 Å². The van der Waals surface area contributed by atoms with E-state index in [4.69, 9.17) is 9.47 Å². The minimum absolute atomic E-state index is 0.173. The van der Waals surface area contributed by atoms with Gasteiger partial charge in [-0.2, -0.15) is 0 Å². The number of amides is 2. The van der Waals surface area contributed by atoms with Crippen LogP contribution in [0.3, 0.4) is 0 Å². The van der Waals surface area contributed by atoms with Gasteiger partial charge in [0.15, 0.2) is 11.5 Å². The normalized spacial score (nSPS) is 10.2. The summed E-state index contributed by atoms with van der Waals surface area (Å²) >= 11 is 0. The molecule has 0 aliphatic carbocycles. The smallest absolute Gasteiger partial charge is 0.251 e. The number of carbonyl (C=O) groups is 2. The lowest BCUT2D eigenvalue weighted by Crippen LogP contribution is -2.25. The van der Waals surface area contributed by atoms with Gasteiger partial charge in [0.25, 0.3) is 5.91 Å². The predicted octanol–water partition coefficient (Wildman–Crippen LogP) is 3.41. The van der Waals surface area contributed by atoms with Crippen molar-refractivity contribution in [1.29, 1.82) is 0 Å². The Balaban J connectivity index is 1.94. The van der Waals surface area contributed by atoms with Crippen molar-refractivity contribution >= 4 is 17.5 Å². The number of rotatable bonds is 9. The Labute approximate surface area is 159 Å².